The zero-order valence-electron chi connectivity index (χ0n) is 18.8. The van der Waals surface area contributed by atoms with Crippen molar-refractivity contribution >= 4 is 58.2 Å². The van der Waals surface area contributed by atoms with Crippen LogP contribution in [0.4, 0.5) is 17.1 Å². The van der Waals surface area contributed by atoms with E-state index in [9.17, 15) is 34.9 Å². The van der Waals surface area contributed by atoms with E-state index in [0.29, 0.717) is 11.1 Å². The van der Waals surface area contributed by atoms with E-state index >= 15 is 0 Å². The quantitative estimate of drug-likeness (QED) is 0.213. The maximum atomic E-state index is 12.4. The SMILES string of the molecule is C.CNc1cc(C)cc2cc(S(=O)(=O)O)c(N=Nc3cccc(S(=O)(=O)CCOS(=O)(=O)O)c3)c(O)c12. The van der Waals surface area contributed by atoms with Crippen LogP contribution < -0.4 is 5.32 Å². The lowest BCUT2D eigenvalue weighted by molar-refractivity contribution is 0.284. The van der Waals surface area contributed by atoms with Crippen molar-refractivity contribution < 1.29 is 43.6 Å². The van der Waals surface area contributed by atoms with Gasteiger partial charge in [0.15, 0.2) is 15.6 Å². The van der Waals surface area contributed by atoms with Gasteiger partial charge in [-0.3, -0.25) is 9.11 Å². The van der Waals surface area contributed by atoms with Gasteiger partial charge in [0.05, 0.1) is 22.9 Å². The van der Waals surface area contributed by atoms with E-state index in [1.54, 1.807) is 26.1 Å². The van der Waals surface area contributed by atoms with Crippen LogP contribution in [-0.2, 0) is 34.5 Å². The van der Waals surface area contributed by atoms with Gasteiger partial charge >= 0.3 is 10.4 Å². The Hall–Kier alpha value is -3.15. The first-order valence-electron chi connectivity index (χ1n) is 9.94. The molecule has 0 fully saturated rings. The molecular weight excluding hydrogens is 550 g/mol. The summed E-state index contributed by atoms with van der Waals surface area (Å²) in [6.07, 6.45) is 0. The molecule has 0 spiro atoms. The minimum Gasteiger partial charge on any atom is -0.505 e. The van der Waals surface area contributed by atoms with Crippen molar-refractivity contribution in [1.29, 1.82) is 0 Å². The fourth-order valence-electron chi connectivity index (χ4n) is 3.34. The summed E-state index contributed by atoms with van der Waals surface area (Å²) in [7, 11) is -12.1. The van der Waals surface area contributed by atoms with Crippen LogP contribution in [0.3, 0.4) is 0 Å². The Kier molecular flexibility index (Phi) is 9.00. The third kappa shape index (κ3) is 7.21. The largest absolute Gasteiger partial charge is 0.505 e. The molecule has 0 bridgehead atoms. The molecule has 0 aliphatic carbocycles. The van der Waals surface area contributed by atoms with Crippen LogP contribution in [0.25, 0.3) is 10.8 Å². The molecular formula is C21H25N3O10S3. The molecule has 3 rings (SSSR count). The zero-order chi connectivity index (χ0) is 26.9. The van der Waals surface area contributed by atoms with Crippen molar-refractivity contribution in [2.75, 3.05) is 24.7 Å². The predicted molar refractivity (Wildman–Crippen MR) is 137 cm³/mol. The Morgan fingerprint density at radius 2 is 1.65 bits per heavy atom. The molecule has 37 heavy (non-hydrogen) atoms. The molecule has 0 atom stereocenters. The maximum Gasteiger partial charge on any atom is 0.397 e. The van der Waals surface area contributed by atoms with Gasteiger partial charge in [-0.2, -0.15) is 21.9 Å². The van der Waals surface area contributed by atoms with Crippen molar-refractivity contribution in [3.05, 3.63) is 48.0 Å². The van der Waals surface area contributed by atoms with Gasteiger partial charge in [-0.1, -0.05) is 19.6 Å². The summed E-state index contributed by atoms with van der Waals surface area (Å²) >= 11 is 0. The molecule has 0 aromatic heterocycles. The average molecular weight is 576 g/mol. The van der Waals surface area contributed by atoms with Crippen LogP contribution >= 0.6 is 0 Å². The molecule has 3 aromatic rings. The van der Waals surface area contributed by atoms with Crippen molar-refractivity contribution in [1.82, 2.24) is 0 Å². The first-order chi connectivity index (χ1) is 16.6. The van der Waals surface area contributed by atoms with Crippen molar-refractivity contribution in [3.63, 3.8) is 0 Å². The van der Waals surface area contributed by atoms with E-state index in [1.165, 1.54) is 18.2 Å². The predicted octanol–water partition coefficient (Wildman–Crippen LogP) is 3.79. The van der Waals surface area contributed by atoms with Gasteiger partial charge in [0.1, 0.15) is 10.6 Å². The number of phenols is 1. The van der Waals surface area contributed by atoms with Gasteiger partial charge in [0.25, 0.3) is 10.1 Å². The van der Waals surface area contributed by atoms with Crippen LogP contribution in [0.1, 0.15) is 13.0 Å². The van der Waals surface area contributed by atoms with Gasteiger partial charge in [-0.25, -0.2) is 12.6 Å². The molecule has 13 nitrogen and oxygen atoms in total. The molecule has 0 heterocycles. The Balaban J connectivity index is 0.00000481. The van der Waals surface area contributed by atoms with Gasteiger partial charge in [-0.05, 0) is 48.2 Å². The van der Waals surface area contributed by atoms with Gasteiger partial charge in [0.2, 0.25) is 0 Å². The highest BCUT2D eigenvalue weighted by molar-refractivity contribution is 7.91. The standard InChI is InChI=1S/C20H21N3O10S3.CH4/c1-12-8-13-10-17(35(27,28)29)19(20(24)18(13)16(9-12)21-2)23-22-14-4-3-5-15(11-14)34(25,26)7-6-33-36(30,31)32;/h3-5,8-11,21,24H,6-7H2,1-2H3,(H,27,28,29)(H,30,31,32);1H4. The Labute approximate surface area is 214 Å². The number of hydrogen-bond donors (Lipinski definition) is 4. The number of rotatable bonds is 9. The van der Waals surface area contributed by atoms with Crippen molar-refractivity contribution in [3.8, 4) is 5.75 Å². The second-order valence-corrected chi connectivity index (χ2v) is 12.1. The number of nitrogens with one attached hydrogen (secondary N) is 1. The topological polar surface area (TPSA) is 209 Å². The molecule has 0 aliphatic rings. The summed E-state index contributed by atoms with van der Waals surface area (Å²) in [5.41, 5.74) is 0.577. The van der Waals surface area contributed by atoms with Crippen LogP contribution in [0.5, 0.6) is 5.75 Å². The lowest BCUT2D eigenvalue weighted by atomic mass is 10.0. The van der Waals surface area contributed by atoms with E-state index < -0.39 is 59.0 Å². The first-order valence-corrected chi connectivity index (χ1v) is 14.4. The Morgan fingerprint density at radius 1 is 0.973 bits per heavy atom. The summed E-state index contributed by atoms with van der Waals surface area (Å²) in [6.45, 7) is 0.927. The number of anilines is 1. The van der Waals surface area contributed by atoms with E-state index in [4.69, 9.17) is 4.55 Å². The number of azo groups is 1. The van der Waals surface area contributed by atoms with Crippen LogP contribution in [0.15, 0.2) is 62.5 Å². The first kappa shape index (κ1) is 30.1. The summed E-state index contributed by atoms with van der Waals surface area (Å²) in [5.74, 6) is -1.36. The molecule has 0 radical (unpaired) electrons. The van der Waals surface area contributed by atoms with Gasteiger partial charge < -0.3 is 10.4 Å². The number of sulfone groups is 1. The molecule has 0 unspecified atom stereocenters. The number of hydrogen-bond acceptors (Lipinski definition) is 11. The Morgan fingerprint density at radius 3 is 2.24 bits per heavy atom. The lowest BCUT2D eigenvalue weighted by Gasteiger charge is -2.13. The smallest absolute Gasteiger partial charge is 0.397 e. The number of nitrogens with zero attached hydrogens (tertiary/aromatic N) is 2. The minimum absolute atomic E-state index is 0. The average Bonchev–Trinajstić information content (AvgIpc) is 2.76. The number of fused-ring (bicyclic) bond motifs is 1. The van der Waals surface area contributed by atoms with Crippen molar-refractivity contribution in [2.24, 2.45) is 10.2 Å². The number of benzene rings is 3. The molecule has 3 aromatic carbocycles. The van der Waals surface area contributed by atoms with Crippen LogP contribution in [0.2, 0.25) is 0 Å². The fourth-order valence-corrected chi connectivity index (χ4v) is 5.52. The highest BCUT2D eigenvalue weighted by atomic mass is 32.3. The number of aromatic hydroxyl groups is 1. The summed E-state index contributed by atoms with van der Waals surface area (Å²) in [5, 5.41) is 21.9. The third-order valence-corrected chi connectivity index (χ3v) is 7.88. The molecule has 16 heteroatoms. The Bertz CT molecular complexity index is 1680. The van der Waals surface area contributed by atoms with Gasteiger partial charge in [0, 0.05) is 18.1 Å². The molecule has 0 aliphatic heterocycles. The van der Waals surface area contributed by atoms with E-state index in [0.717, 1.165) is 17.7 Å². The molecule has 0 saturated carbocycles. The molecule has 202 valence electrons. The normalized spacial score (nSPS) is 12.5. The number of phenolic OH excluding ortho intramolecular Hbond substituents is 1. The highest BCUT2D eigenvalue weighted by Gasteiger charge is 2.24. The number of aryl methyl sites for hydroxylation is 1. The van der Waals surface area contributed by atoms with E-state index in [2.05, 4.69) is 19.7 Å². The molecule has 4 N–H and O–H groups in total. The molecule has 0 amide bonds. The van der Waals surface area contributed by atoms with E-state index in [-0.39, 0.29) is 23.4 Å². The van der Waals surface area contributed by atoms with Crippen molar-refractivity contribution in [2.45, 2.75) is 24.1 Å². The van der Waals surface area contributed by atoms with E-state index in [1.807, 2.05) is 0 Å². The van der Waals surface area contributed by atoms with Crippen LogP contribution in [-0.4, -0.2) is 58.9 Å². The monoisotopic (exact) mass is 575 g/mol. The zero-order valence-corrected chi connectivity index (χ0v) is 21.2. The summed E-state index contributed by atoms with van der Waals surface area (Å²) < 4.78 is 92.5. The summed E-state index contributed by atoms with van der Waals surface area (Å²) in [4.78, 5) is -1.00. The lowest BCUT2D eigenvalue weighted by Crippen LogP contribution is -2.15. The van der Waals surface area contributed by atoms with Crippen LogP contribution in [0, 0.1) is 6.92 Å². The fraction of sp³-hybridized carbons (Fsp3) is 0.238. The minimum atomic E-state index is -4.85. The molecule has 0 saturated heterocycles. The third-order valence-electron chi connectivity index (χ3n) is 4.87. The second-order valence-electron chi connectivity index (χ2n) is 7.47. The second kappa shape index (κ2) is 11.1. The summed E-state index contributed by atoms with van der Waals surface area (Å²) in [6, 6.07) is 9.34. The van der Waals surface area contributed by atoms with Gasteiger partial charge in [-0.15, -0.1) is 5.11 Å². The maximum absolute atomic E-state index is 12.4. The highest BCUT2D eigenvalue weighted by Crippen LogP contribution is 2.44.